The van der Waals surface area contributed by atoms with Gasteiger partial charge in [-0.3, -0.25) is 9.78 Å². The molecule has 2 nitrogen and oxygen atoms in total. The number of benzene rings is 1. The van der Waals surface area contributed by atoms with Gasteiger partial charge in [0.25, 0.3) is 0 Å². The predicted octanol–water partition coefficient (Wildman–Crippen LogP) is 4.49. The predicted molar refractivity (Wildman–Crippen MR) is 73.6 cm³/mol. The second-order valence-electron chi connectivity index (χ2n) is 4.17. The first-order valence-electron chi connectivity index (χ1n) is 5.28. The van der Waals surface area contributed by atoms with Crippen LogP contribution in [0.3, 0.4) is 0 Å². The lowest BCUT2D eigenvalue weighted by atomic mass is 10.0. The summed E-state index contributed by atoms with van der Waals surface area (Å²) >= 11 is 9.66. The molecule has 0 aliphatic carbocycles. The van der Waals surface area contributed by atoms with Crippen molar-refractivity contribution in [3.05, 3.63) is 39.5 Å². The molecular weight excluding hydrogens is 302 g/mol. The minimum Gasteiger partial charge on any atom is -0.294 e. The van der Waals surface area contributed by atoms with Gasteiger partial charge in [0.15, 0.2) is 5.78 Å². The Morgan fingerprint density at radius 1 is 1.41 bits per heavy atom. The molecule has 0 unspecified atom stereocenters. The van der Waals surface area contributed by atoms with Crippen molar-refractivity contribution in [1.82, 2.24) is 4.98 Å². The summed E-state index contributed by atoms with van der Waals surface area (Å²) in [5.74, 6) is -0.0664. The number of hydrogen-bond donors (Lipinski definition) is 0. The van der Waals surface area contributed by atoms with E-state index < -0.39 is 0 Å². The second kappa shape index (κ2) is 4.75. The standard InChI is InChI=1S/C13H11BrClNO/c1-7(2)13(17)10-6-16-11-4-3-8(14)5-9(11)12(10)15/h3-7H,1-2H3. The normalized spacial score (nSPS) is 11.1. The largest absolute Gasteiger partial charge is 0.294 e. The maximum absolute atomic E-state index is 12.0. The van der Waals surface area contributed by atoms with Crippen LogP contribution in [-0.4, -0.2) is 10.8 Å². The monoisotopic (exact) mass is 311 g/mol. The van der Waals surface area contributed by atoms with E-state index in [1.165, 1.54) is 0 Å². The summed E-state index contributed by atoms with van der Waals surface area (Å²) in [4.78, 5) is 16.2. The summed E-state index contributed by atoms with van der Waals surface area (Å²) in [6.45, 7) is 3.70. The van der Waals surface area contributed by atoms with Crippen LogP contribution in [-0.2, 0) is 0 Å². The molecule has 2 rings (SSSR count). The lowest BCUT2D eigenvalue weighted by molar-refractivity contribution is 0.0939. The average Bonchev–Trinajstić information content (AvgIpc) is 2.29. The van der Waals surface area contributed by atoms with Crippen LogP contribution in [0, 0.1) is 5.92 Å². The van der Waals surface area contributed by atoms with Gasteiger partial charge >= 0.3 is 0 Å². The molecule has 0 spiro atoms. The van der Waals surface area contributed by atoms with E-state index in [1.807, 2.05) is 32.0 Å². The number of pyridine rings is 1. The zero-order valence-electron chi connectivity index (χ0n) is 9.50. The number of nitrogens with zero attached hydrogens (tertiary/aromatic N) is 1. The van der Waals surface area contributed by atoms with Crippen molar-refractivity contribution in [1.29, 1.82) is 0 Å². The van der Waals surface area contributed by atoms with Crippen LogP contribution >= 0.6 is 27.5 Å². The van der Waals surface area contributed by atoms with Gasteiger partial charge in [0.1, 0.15) is 0 Å². The topological polar surface area (TPSA) is 30.0 Å². The number of carbonyl (C=O) groups is 1. The van der Waals surface area contributed by atoms with Gasteiger partial charge in [-0.05, 0) is 18.2 Å². The minimum absolute atomic E-state index is 0.0179. The first-order valence-corrected chi connectivity index (χ1v) is 6.45. The highest BCUT2D eigenvalue weighted by molar-refractivity contribution is 9.10. The van der Waals surface area contributed by atoms with Gasteiger partial charge in [0.2, 0.25) is 0 Å². The molecule has 0 bridgehead atoms. The van der Waals surface area contributed by atoms with Crippen LogP contribution in [0.25, 0.3) is 10.9 Å². The third kappa shape index (κ3) is 2.35. The van der Waals surface area contributed by atoms with Crippen molar-refractivity contribution in [3.8, 4) is 0 Å². The molecule has 88 valence electrons. The van der Waals surface area contributed by atoms with Crippen molar-refractivity contribution in [2.45, 2.75) is 13.8 Å². The lowest BCUT2D eigenvalue weighted by Gasteiger charge is -2.08. The minimum atomic E-state index is -0.0843. The van der Waals surface area contributed by atoms with Crippen LogP contribution in [0.2, 0.25) is 5.02 Å². The molecule has 1 aromatic heterocycles. The quantitative estimate of drug-likeness (QED) is 0.765. The number of halogens is 2. The van der Waals surface area contributed by atoms with Gasteiger partial charge in [0.05, 0.1) is 16.1 Å². The van der Waals surface area contributed by atoms with Gasteiger partial charge in [-0.15, -0.1) is 0 Å². The molecule has 1 heterocycles. The highest BCUT2D eigenvalue weighted by Crippen LogP contribution is 2.29. The number of ketones is 1. The molecule has 4 heteroatoms. The van der Waals surface area contributed by atoms with Gasteiger partial charge in [-0.1, -0.05) is 41.4 Å². The molecular formula is C13H11BrClNO. The molecule has 0 atom stereocenters. The molecule has 0 saturated heterocycles. The van der Waals surface area contributed by atoms with Crippen molar-refractivity contribution in [2.24, 2.45) is 5.92 Å². The Hall–Kier alpha value is -0.930. The van der Waals surface area contributed by atoms with Gasteiger partial charge in [0, 0.05) is 22.0 Å². The van der Waals surface area contributed by atoms with Crippen molar-refractivity contribution >= 4 is 44.2 Å². The van der Waals surface area contributed by atoms with E-state index in [4.69, 9.17) is 11.6 Å². The number of aromatic nitrogens is 1. The molecule has 17 heavy (non-hydrogen) atoms. The summed E-state index contributed by atoms with van der Waals surface area (Å²) in [6, 6.07) is 5.65. The van der Waals surface area contributed by atoms with Gasteiger partial charge in [-0.2, -0.15) is 0 Å². The van der Waals surface area contributed by atoms with E-state index in [1.54, 1.807) is 6.20 Å². The van der Waals surface area contributed by atoms with Crippen LogP contribution < -0.4 is 0 Å². The molecule has 2 aromatic rings. The lowest BCUT2D eigenvalue weighted by Crippen LogP contribution is -2.08. The maximum atomic E-state index is 12.0. The van der Waals surface area contributed by atoms with E-state index in [0.717, 1.165) is 15.4 Å². The summed E-state index contributed by atoms with van der Waals surface area (Å²) in [5, 5.41) is 1.28. The molecule has 0 aliphatic heterocycles. The fourth-order valence-corrected chi connectivity index (χ4v) is 2.27. The SMILES string of the molecule is CC(C)C(=O)c1cnc2ccc(Br)cc2c1Cl. The zero-order valence-corrected chi connectivity index (χ0v) is 11.8. The van der Waals surface area contributed by atoms with Crippen LogP contribution in [0.5, 0.6) is 0 Å². The van der Waals surface area contributed by atoms with Crippen LogP contribution in [0.1, 0.15) is 24.2 Å². The van der Waals surface area contributed by atoms with Gasteiger partial charge < -0.3 is 0 Å². The molecule has 0 saturated carbocycles. The van der Waals surface area contributed by atoms with Gasteiger partial charge in [-0.25, -0.2) is 0 Å². The first kappa shape index (κ1) is 12.5. The fraction of sp³-hybridized carbons (Fsp3) is 0.231. The first-order chi connectivity index (χ1) is 8.00. The summed E-state index contributed by atoms with van der Waals surface area (Å²) in [7, 11) is 0. The van der Waals surface area contributed by atoms with Crippen molar-refractivity contribution < 1.29 is 4.79 Å². The smallest absolute Gasteiger partial charge is 0.168 e. The molecule has 0 N–H and O–H groups in total. The number of rotatable bonds is 2. The third-order valence-corrected chi connectivity index (χ3v) is 3.45. The van der Waals surface area contributed by atoms with Crippen molar-refractivity contribution in [3.63, 3.8) is 0 Å². The molecule has 0 aliphatic rings. The van der Waals surface area contributed by atoms with Crippen LogP contribution in [0.4, 0.5) is 0 Å². The van der Waals surface area contributed by atoms with E-state index in [2.05, 4.69) is 20.9 Å². The number of Topliss-reactive ketones (excluding diaryl/α,β-unsaturated/α-hetero) is 1. The summed E-state index contributed by atoms with van der Waals surface area (Å²) in [5.41, 5.74) is 1.28. The molecule has 0 radical (unpaired) electrons. The highest BCUT2D eigenvalue weighted by Gasteiger charge is 2.16. The third-order valence-electron chi connectivity index (χ3n) is 2.55. The van der Waals surface area contributed by atoms with E-state index in [0.29, 0.717) is 10.6 Å². The Balaban J connectivity index is 2.68. The molecule has 0 fully saturated rings. The Morgan fingerprint density at radius 2 is 2.12 bits per heavy atom. The Morgan fingerprint density at radius 3 is 2.76 bits per heavy atom. The van der Waals surface area contributed by atoms with Crippen LogP contribution in [0.15, 0.2) is 28.9 Å². The average molecular weight is 313 g/mol. The summed E-state index contributed by atoms with van der Waals surface area (Å²) < 4.78 is 0.919. The molecule has 0 amide bonds. The fourth-order valence-electron chi connectivity index (χ4n) is 1.62. The Kier molecular flexibility index (Phi) is 3.50. The number of hydrogen-bond acceptors (Lipinski definition) is 2. The highest BCUT2D eigenvalue weighted by atomic mass is 79.9. The van der Waals surface area contributed by atoms with Crippen molar-refractivity contribution in [2.75, 3.05) is 0 Å². The second-order valence-corrected chi connectivity index (χ2v) is 5.46. The summed E-state index contributed by atoms with van der Waals surface area (Å²) in [6.07, 6.45) is 1.56. The Labute approximate surface area is 113 Å². The maximum Gasteiger partial charge on any atom is 0.168 e. The Bertz CT molecular complexity index is 595. The molecule has 1 aromatic carbocycles. The number of fused-ring (bicyclic) bond motifs is 1. The van der Waals surface area contributed by atoms with E-state index >= 15 is 0 Å². The zero-order chi connectivity index (χ0) is 12.6. The van der Waals surface area contributed by atoms with E-state index in [-0.39, 0.29) is 11.7 Å². The number of carbonyl (C=O) groups excluding carboxylic acids is 1. The van der Waals surface area contributed by atoms with E-state index in [9.17, 15) is 4.79 Å².